The van der Waals surface area contributed by atoms with Gasteiger partial charge in [0.1, 0.15) is 28.7 Å². The summed E-state index contributed by atoms with van der Waals surface area (Å²) >= 11 is 0. The smallest absolute Gasteiger partial charge is 0.513 e. The minimum Gasteiger partial charge on any atom is -0.544 e. The summed E-state index contributed by atoms with van der Waals surface area (Å²) in [6.45, 7) is 32.2. The van der Waals surface area contributed by atoms with Crippen LogP contribution in [0.25, 0.3) is 0 Å². The van der Waals surface area contributed by atoms with Crippen molar-refractivity contribution in [3.63, 3.8) is 0 Å². The lowest BCUT2D eigenvalue weighted by atomic mass is 10.3. The Kier molecular flexibility index (Phi) is 13.5. The van der Waals surface area contributed by atoms with E-state index in [2.05, 4.69) is 98.2 Å². The molecule has 0 aliphatic rings. The first-order valence-corrected chi connectivity index (χ1v) is 37.3. The van der Waals surface area contributed by atoms with Crippen LogP contribution in [-0.2, 0) is 8.23 Å². The third kappa shape index (κ3) is 15.2. The topological polar surface area (TPSA) is 84.8 Å². The summed E-state index contributed by atoms with van der Waals surface area (Å²) < 4.78 is 44.8. The van der Waals surface area contributed by atoms with Crippen LogP contribution < -0.4 is 37.7 Å². The largest absolute Gasteiger partial charge is 0.544 e. The van der Waals surface area contributed by atoms with Gasteiger partial charge >= 0.3 is 8.80 Å². The van der Waals surface area contributed by atoms with Crippen LogP contribution >= 0.6 is 0 Å². The SMILES string of the molecule is C[Si](C)(C)Oc1ccc([Si](O)(O[Si]c2ccc(O[Si](C)(C)C)cc2O[Si](C)(C)C)O[Si]c2ccc(O[Si](C)(C)C)cc2O[Si](C)(C)C)cc1. The molecule has 3 aromatic carbocycles. The minimum absolute atomic E-state index is 0.234. The van der Waals surface area contributed by atoms with Crippen molar-refractivity contribution in [1.29, 1.82) is 0 Å². The summed E-state index contributed by atoms with van der Waals surface area (Å²) in [5, 5.41) is 2.28. The number of rotatable bonds is 17. The molecule has 0 atom stereocenters. The molecule has 268 valence electrons. The zero-order chi connectivity index (χ0) is 37.1. The lowest BCUT2D eigenvalue weighted by Crippen LogP contribution is -2.58. The molecule has 0 aliphatic heterocycles. The van der Waals surface area contributed by atoms with Gasteiger partial charge in [0.15, 0.2) is 0 Å². The van der Waals surface area contributed by atoms with E-state index in [1.165, 1.54) is 0 Å². The van der Waals surface area contributed by atoms with Gasteiger partial charge in [0.05, 0.1) is 0 Å². The second kappa shape index (κ2) is 15.9. The number of hydrogen-bond acceptors (Lipinski definition) is 8. The van der Waals surface area contributed by atoms with Crippen molar-refractivity contribution >= 4 is 85.5 Å². The van der Waals surface area contributed by atoms with Crippen molar-refractivity contribution in [3.05, 3.63) is 60.7 Å². The average molecular weight is 805 g/mol. The molecule has 0 heterocycles. The van der Waals surface area contributed by atoms with E-state index in [4.69, 9.17) is 30.4 Å². The molecule has 0 saturated heterocycles. The lowest BCUT2D eigenvalue weighted by molar-refractivity contribution is 0.287. The predicted octanol–water partition coefficient (Wildman–Crippen LogP) is 6.82. The van der Waals surface area contributed by atoms with Gasteiger partial charge in [-0.1, -0.05) is 24.3 Å². The molecule has 4 radical (unpaired) electrons. The van der Waals surface area contributed by atoms with Gasteiger partial charge in [-0.3, -0.25) is 0 Å². The van der Waals surface area contributed by atoms with E-state index >= 15 is 0 Å². The van der Waals surface area contributed by atoms with Crippen molar-refractivity contribution in [3.8, 4) is 28.7 Å². The molecule has 0 aromatic heterocycles. The van der Waals surface area contributed by atoms with Crippen LogP contribution in [0.1, 0.15) is 0 Å². The standard InChI is InChI=1S/C33H56O8Si8/c1-44(2,3)35-26-16-20-29(21-17-26)49(34,40-42-32-22-18-27(36-45(4,5)6)24-30(32)38-47(10,11)12)41-43-33-23-19-28(37-46(7,8)9)25-31(33)39-48(13,14)15/h16-25,34H,1-15H3. The summed E-state index contributed by atoms with van der Waals surface area (Å²) in [6.07, 6.45) is 0. The maximum absolute atomic E-state index is 12.4. The molecule has 49 heavy (non-hydrogen) atoms. The fourth-order valence-corrected chi connectivity index (χ4v) is 13.5. The Morgan fingerprint density at radius 2 is 0.714 bits per heavy atom. The Bertz CT molecular complexity index is 1450. The van der Waals surface area contributed by atoms with Gasteiger partial charge in [-0.25, -0.2) is 0 Å². The van der Waals surface area contributed by atoms with Gasteiger partial charge in [0, 0.05) is 27.7 Å². The van der Waals surface area contributed by atoms with Crippen LogP contribution in [0.4, 0.5) is 0 Å². The van der Waals surface area contributed by atoms with Crippen LogP contribution in [0, 0.1) is 0 Å². The Hall–Kier alpha value is -1.72. The molecule has 0 amide bonds. The monoisotopic (exact) mass is 804 g/mol. The summed E-state index contributed by atoms with van der Waals surface area (Å²) in [6, 6.07) is 19.2. The Balaban J connectivity index is 2.01. The summed E-state index contributed by atoms with van der Waals surface area (Å²) in [4.78, 5) is 12.4. The van der Waals surface area contributed by atoms with Crippen molar-refractivity contribution in [2.45, 2.75) is 98.2 Å². The first kappa shape index (κ1) is 41.7. The maximum Gasteiger partial charge on any atom is 0.513 e. The first-order chi connectivity index (χ1) is 22.2. The molecule has 0 spiro atoms. The maximum atomic E-state index is 12.4. The van der Waals surface area contributed by atoms with Crippen LogP contribution in [0.2, 0.25) is 98.2 Å². The van der Waals surface area contributed by atoms with Crippen molar-refractivity contribution in [1.82, 2.24) is 0 Å². The Morgan fingerprint density at radius 1 is 0.408 bits per heavy atom. The van der Waals surface area contributed by atoms with Crippen molar-refractivity contribution in [2.24, 2.45) is 0 Å². The van der Waals surface area contributed by atoms with Gasteiger partial charge in [-0.2, -0.15) is 0 Å². The molecule has 0 aliphatic carbocycles. The molecule has 3 aromatic rings. The van der Waals surface area contributed by atoms with Crippen LogP contribution in [0.15, 0.2) is 60.7 Å². The van der Waals surface area contributed by atoms with Gasteiger partial charge < -0.3 is 35.2 Å². The molecular weight excluding hydrogens is 749 g/mol. The third-order valence-electron chi connectivity index (χ3n) is 5.83. The molecule has 16 heteroatoms. The molecule has 0 saturated carbocycles. The van der Waals surface area contributed by atoms with Crippen LogP contribution in [0.5, 0.6) is 28.7 Å². The van der Waals surface area contributed by atoms with Crippen LogP contribution in [-0.4, -0.2) is 74.7 Å². The van der Waals surface area contributed by atoms with E-state index in [0.29, 0.717) is 5.19 Å². The van der Waals surface area contributed by atoms with E-state index in [1.54, 1.807) is 0 Å². The van der Waals surface area contributed by atoms with Gasteiger partial charge in [-0.15, -0.1) is 0 Å². The second-order valence-corrected chi connectivity index (χ2v) is 43.9. The molecule has 0 bridgehead atoms. The van der Waals surface area contributed by atoms with Crippen LogP contribution in [0.3, 0.4) is 0 Å². The zero-order valence-electron chi connectivity index (χ0n) is 32.1. The minimum atomic E-state index is -4.00. The predicted molar refractivity (Wildman–Crippen MR) is 220 cm³/mol. The molecule has 3 rings (SSSR count). The summed E-state index contributed by atoms with van der Waals surface area (Å²) in [5.74, 6) is 3.75. The van der Waals surface area contributed by atoms with E-state index in [0.717, 1.165) is 39.1 Å². The summed E-state index contributed by atoms with van der Waals surface area (Å²) in [5.41, 5.74) is 0. The molecular formula is C33H56O8Si8. The van der Waals surface area contributed by atoms with Gasteiger partial charge in [0.2, 0.25) is 41.6 Å². The van der Waals surface area contributed by atoms with E-state index in [9.17, 15) is 4.80 Å². The highest BCUT2D eigenvalue weighted by Gasteiger charge is 2.41. The zero-order valence-corrected chi connectivity index (χ0v) is 40.1. The quantitative estimate of drug-likeness (QED) is 0.149. The molecule has 0 unspecified atom stereocenters. The highest BCUT2D eigenvalue weighted by molar-refractivity contribution is 6.83. The van der Waals surface area contributed by atoms with E-state index < -0.39 is 50.4 Å². The normalized spacial score (nSPS) is 13.2. The Labute approximate surface area is 306 Å². The van der Waals surface area contributed by atoms with Gasteiger partial charge in [-0.05, 0) is 122 Å². The fourth-order valence-electron chi connectivity index (χ4n) is 4.31. The molecule has 0 fully saturated rings. The Morgan fingerprint density at radius 3 is 1.04 bits per heavy atom. The second-order valence-electron chi connectivity index (χ2n) is 16.9. The number of hydrogen-bond donors (Lipinski definition) is 1. The van der Waals surface area contributed by atoms with E-state index in [-0.39, 0.29) is 19.5 Å². The summed E-state index contributed by atoms with van der Waals surface area (Å²) in [7, 11) is -13.9. The highest BCUT2D eigenvalue weighted by Crippen LogP contribution is 2.25. The highest BCUT2D eigenvalue weighted by atomic mass is 28.4. The first-order valence-electron chi connectivity index (χ1n) is 16.6. The molecule has 8 nitrogen and oxygen atoms in total. The lowest BCUT2D eigenvalue weighted by Gasteiger charge is -2.28. The van der Waals surface area contributed by atoms with Gasteiger partial charge in [0.25, 0.3) is 19.5 Å². The third-order valence-corrected chi connectivity index (χ3v) is 15.4. The number of benzene rings is 3. The van der Waals surface area contributed by atoms with Crippen molar-refractivity contribution < 1.29 is 35.2 Å². The average Bonchev–Trinajstić information content (AvgIpc) is 2.88. The fraction of sp³-hybridized carbons (Fsp3) is 0.455. The van der Waals surface area contributed by atoms with Crippen molar-refractivity contribution in [2.75, 3.05) is 0 Å². The molecule has 1 N–H and O–H groups in total. The van der Waals surface area contributed by atoms with E-state index in [1.807, 2.05) is 60.7 Å².